The van der Waals surface area contributed by atoms with Crippen molar-refractivity contribution in [1.82, 2.24) is 0 Å². The number of rotatable bonds is 13. The fourth-order valence-electron chi connectivity index (χ4n) is 3.63. The van der Waals surface area contributed by atoms with Gasteiger partial charge in [0.25, 0.3) is 0 Å². The molecule has 0 aliphatic rings. The maximum Gasteiger partial charge on any atom is 0.184 e. The normalized spacial score (nSPS) is 13.9. The van der Waals surface area contributed by atoms with E-state index in [4.69, 9.17) is 4.74 Å². The smallest absolute Gasteiger partial charge is 0.184 e. The molecule has 2 N–H and O–H groups in total. The summed E-state index contributed by atoms with van der Waals surface area (Å²) in [7, 11) is 1.59. The maximum atomic E-state index is 12.4. The second-order valence-electron chi connectivity index (χ2n) is 9.28. The SMILES string of the molecule is COc1cc(C)c(O)c(C/C=C(\C)CC(=O)/C=C(/C)CCCC(C)C(O)C(=O)C=C(C)C)c1. The largest absolute Gasteiger partial charge is 0.507 e. The van der Waals surface area contributed by atoms with Crippen LogP contribution in [0.2, 0.25) is 0 Å². The van der Waals surface area contributed by atoms with Crippen LogP contribution in [0.1, 0.15) is 71.4 Å². The number of aryl methyl sites for hydroxylation is 1. The molecule has 0 aliphatic carbocycles. The van der Waals surface area contributed by atoms with Gasteiger partial charge in [0.05, 0.1) is 7.11 Å². The second-order valence-corrected chi connectivity index (χ2v) is 9.28. The van der Waals surface area contributed by atoms with E-state index in [1.54, 1.807) is 19.3 Å². The van der Waals surface area contributed by atoms with Crippen LogP contribution < -0.4 is 4.74 Å². The first-order valence-electron chi connectivity index (χ1n) is 11.5. The molecule has 0 fully saturated rings. The number of aliphatic hydroxyl groups excluding tert-OH is 1. The quantitative estimate of drug-likeness (QED) is 0.289. The number of hydrogen-bond donors (Lipinski definition) is 2. The van der Waals surface area contributed by atoms with Crippen molar-refractivity contribution in [3.05, 3.63) is 58.2 Å². The molecule has 0 amide bonds. The number of aliphatic hydroxyl groups is 1. The lowest BCUT2D eigenvalue weighted by atomic mass is 9.93. The molecule has 33 heavy (non-hydrogen) atoms. The summed E-state index contributed by atoms with van der Waals surface area (Å²) in [6, 6.07) is 3.60. The monoisotopic (exact) mass is 456 g/mol. The highest BCUT2D eigenvalue weighted by Crippen LogP contribution is 2.28. The molecule has 1 aromatic carbocycles. The summed E-state index contributed by atoms with van der Waals surface area (Å²) in [5, 5.41) is 20.4. The number of carbonyl (C=O) groups excluding carboxylic acids is 2. The Morgan fingerprint density at radius 2 is 1.76 bits per heavy atom. The second kappa shape index (κ2) is 13.8. The van der Waals surface area contributed by atoms with E-state index in [9.17, 15) is 19.8 Å². The van der Waals surface area contributed by atoms with Crippen molar-refractivity contribution in [2.24, 2.45) is 5.92 Å². The summed E-state index contributed by atoms with van der Waals surface area (Å²) in [4.78, 5) is 24.4. The third kappa shape index (κ3) is 10.2. The highest BCUT2D eigenvalue weighted by Gasteiger charge is 2.20. The van der Waals surface area contributed by atoms with Crippen molar-refractivity contribution in [2.45, 2.75) is 79.8 Å². The summed E-state index contributed by atoms with van der Waals surface area (Å²) >= 11 is 0. The van der Waals surface area contributed by atoms with Crippen LogP contribution in [0.25, 0.3) is 0 Å². The number of carbonyl (C=O) groups is 2. The van der Waals surface area contributed by atoms with Crippen LogP contribution in [0.3, 0.4) is 0 Å². The molecule has 1 aromatic rings. The molecule has 182 valence electrons. The number of allylic oxidation sites excluding steroid dienone is 5. The van der Waals surface area contributed by atoms with E-state index in [1.807, 2.05) is 53.7 Å². The third-order valence-corrected chi connectivity index (χ3v) is 5.61. The minimum absolute atomic E-state index is 0.0408. The first-order chi connectivity index (χ1) is 15.4. The van der Waals surface area contributed by atoms with E-state index >= 15 is 0 Å². The minimum Gasteiger partial charge on any atom is -0.507 e. The molecular formula is C28H40O5. The Morgan fingerprint density at radius 3 is 2.36 bits per heavy atom. The van der Waals surface area contributed by atoms with E-state index < -0.39 is 6.10 Å². The lowest BCUT2D eigenvalue weighted by molar-refractivity contribution is -0.124. The molecule has 2 atom stereocenters. The van der Waals surface area contributed by atoms with Crippen molar-refractivity contribution in [3.63, 3.8) is 0 Å². The molecular weight excluding hydrogens is 416 g/mol. The third-order valence-electron chi connectivity index (χ3n) is 5.61. The molecule has 0 bridgehead atoms. The van der Waals surface area contributed by atoms with Crippen molar-refractivity contribution < 1.29 is 24.5 Å². The van der Waals surface area contributed by atoms with Crippen LogP contribution in [-0.4, -0.2) is 35.0 Å². The van der Waals surface area contributed by atoms with E-state index in [-0.39, 0.29) is 23.2 Å². The number of phenols is 1. The highest BCUT2D eigenvalue weighted by atomic mass is 16.5. The molecule has 0 aliphatic heterocycles. The number of ether oxygens (including phenoxy) is 1. The Morgan fingerprint density at radius 1 is 1.09 bits per heavy atom. The summed E-state index contributed by atoms with van der Waals surface area (Å²) in [6.45, 7) is 11.2. The van der Waals surface area contributed by atoms with Crippen LogP contribution in [0.15, 0.2) is 47.1 Å². The van der Waals surface area contributed by atoms with Crippen molar-refractivity contribution in [1.29, 1.82) is 0 Å². The van der Waals surface area contributed by atoms with Gasteiger partial charge in [0, 0.05) is 12.0 Å². The zero-order valence-electron chi connectivity index (χ0n) is 21.2. The van der Waals surface area contributed by atoms with Gasteiger partial charge in [-0.05, 0) is 96.1 Å². The van der Waals surface area contributed by atoms with Crippen LogP contribution in [0, 0.1) is 12.8 Å². The molecule has 0 radical (unpaired) electrons. The summed E-state index contributed by atoms with van der Waals surface area (Å²) in [5.74, 6) is 0.620. The molecule has 0 aromatic heterocycles. The Bertz CT molecular complexity index is 916. The summed E-state index contributed by atoms with van der Waals surface area (Å²) in [5.41, 5.74) is 4.34. The van der Waals surface area contributed by atoms with Crippen molar-refractivity contribution >= 4 is 11.6 Å². The predicted molar refractivity (Wildman–Crippen MR) is 134 cm³/mol. The average Bonchev–Trinajstić information content (AvgIpc) is 2.73. The first-order valence-corrected chi connectivity index (χ1v) is 11.5. The van der Waals surface area contributed by atoms with E-state index in [2.05, 4.69) is 0 Å². The molecule has 0 saturated carbocycles. The van der Waals surface area contributed by atoms with Crippen molar-refractivity contribution in [3.8, 4) is 11.5 Å². The standard InChI is InChI=1S/C28H40O5/c1-18(2)13-26(30)28(32)21(5)10-8-9-19(3)14-24(29)15-20(4)11-12-23-17-25(33-7)16-22(6)27(23)31/h11,13-14,16-17,21,28,31-32H,8-10,12,15H2,1-7H3/b19-14-,20-11+. The van der Waals surface area contributed by atoms with Gasteiger partial charge in [-0.2, -0.15) is 0 Å². The Kier molecular flexibility index (Phi) is 11.9. The molecule has 0 saturated heterocycles. The zero-order valence-corrected chi connectivity index (χ0v) is 21.2. The number of aromatic hydroxyl groups is 1. The lowest BCUT2D eigenvalue weighted by Crippen LogP contribution is -2.26. The fourth-order valence-corrected chi connectivity index (χ4v) is 3.63. The van der Waals surface area contributed by atoms with E-state index in [1.165, 1.54) is 6.08 Å². The zero-order chi connectivity index (χ0) is 25.1. The lowest BCUT2D eigenvalue weighted by Gasteiger charge is -2.16. The van der Waals surface area contributed by atoms with E-state index in [0.717, 1.165) is 40.7 Å². The van der Waals surface area contributed by atoms with Crippen LogP contribution in [-0.2, 0) is 16.0 Å². The summed E-state index contributed by atoms with van der Waals surface area (Å²) < 4.78 is 5.27. The Balaban J connectivity index is 2.56. The summed E-state index contributed by atoms with van der Waals surface area (Å²) in [6.07, 6.45) is 7.26. The predicted octanol–water partition coefficient (Wildman–Crippen LogP) is 5.81. The Labute approximate surface area is 198 Å². The molecule has 0 spiro atoms. The Hall–Kier alpha value is -2.66. The van der Waals surface area contributed by atoms with Gasteiger partial charge in [-0.15, -0.1) is 0 Å². The van der Waals surface area contributed by atoms with Gasteiger partial charge in [0.15, 0.2) is 11.6 Å². The van der Waals surface area contributed by atoms with Crippen LogP contribution in [0.4, 0.5) is 0 Å². The van der Waals surface area contributed by atoms with Gasteiger partial charge in [0.1, 0.15) is 17.6 Å². The molecule has 5 nitrogen and oxygen atoms in total. The van der Waals surface area contributed by atoms with E-state index in [0.29, 0.717) is 25.0 Å². The average molecular weight is 457 g/mol. The van der Waals surface area contributed by atoms with Gasteiger partial charge in [-0.1, -0.05) is 29.7 Å². The highest BCUT2D eigenvalue weighted by molar-refractivity contribution is 5.94. The van der Waals surface area contributed by atoms with Crippen LogP contribution in [0.5, 0.6) is 11.5 Å². The van der Waals surface area contributed by atoms with Gasteiger partial charge in [-0.3, -0.25) is 9.59 Å². The van der Waals surface area contributed by atoms with Gasteiger partial charge >= 0.3 is 0 Å². The van der Waals surface area contributed by atoms with Gasteiger partial charge in [-0.25, -0.2) is 0 Å². The maximum absolute atomic E-state index is 12.4. The fraction of sp³-hybridized carbons (Fsp3) is 0.500. The number of methoxy groups -OCH3 is 1. The van der Waals surface area contributed by atoms with Gasteiger partial charge < -0.3 is 14.9 Å². The molecule has 1 rings (SSSR count). The molecule has 5 heteroatoms. The molecule has 2 unspecified atom stereocenters. The molecule has 0 heterocycles. The van der Waals surface area contributed by atoms with Gasteiger partial charge in [0.2, 0.25) is 0 Å². The number of benzene rings is 1. The van der Waals surface area contributed by atoms with Crippen LogP contribution >= 0.6 is 0 Å². The van der Waals surface area contributed by atoms with Crippen molar-refractivity contribution in [2.75, 3.05) is 7.11 Å². The first kappa shape index (κ1) is 28.4. The number of hydrogen-bond acceptors (Lipinski definition) is 5. The minimum atomic E-state index is -0.980. The topological polar surface area (TPSA) is 83.8 Å². The number of phenolic OH excluding ortho intramolecular Hbond substituents is 1. The number of ketones is 2.